The molecule has 0 atom stereocenters. The van der Waals surface area contributed by atoms with Gasteiger partial charge >= 0.3 is 0 Å². The zero-order valence-corrected chi connectivity index (χ0v) is 11.0. The molecular weight excluding hydrogens is 236 g/mol. The van der Waals surface area contributed by atoms with Gasteiger partial charge in [-0.3, -0.25) is 4.79 Å². The number of carbonyl (C=O) groups excluding carboxylic acids is 1. The van der Waals surface area contributed by atoms with Gasteiger partial charge in [0, 0.05) is 12.0 Å². The lowest BCUT2D eigenvalue weighted by molar-refractivity contribution is 0.0994. The van der Waals surface area contributed by atoms with Crippen molar-refractivity contribution in [3.63, 3.8) is 0 Å². The number of ether oxygens (including phenoxy) is 1. The summed E-state index contributed by atoms with van der Waals surface area (Å²) in [6.45, 7) is 2.64. The minimum atomic E-state index is 0.262. The third kappa shape index (κ3) is 2.14. The highest BCUT2D eigenvalue weighted by atomic mass is 16.5. The molecule has 0 unspecified atom stereocenters. The first-order valence-electron chi connectivity index (χ1n) is 6.68. The summed E-state index contributed by atoms with van der Waals surface area (Å²) in [5, 5.41) is 0. The van der Waals surface area contributed by atoms with Crippen molar-refractivity contribution in [1.29, 1.82) is 0 Å². The molecule has 0 fully saturated rings. The highest BCUT2D eigenvalue weighted by Gasteiger charge is 2.22. The zero-order valence-electron chi connectivity index (χ0n) is 11.0. The summed E-state index contributed by atoms with van der Waals surface area (Å²) < 4.78 is 5.54. The molecule has 3 rings (SSSR count). The Morgan fingerprint density at radius 3 is 2.68 bits per heavy atom. The van der Waals surface area contributed by atoms with E-state index in [4.69, 9.17) is 4.74 Å². The fourth-order valence-electron chi connectivity index (χ4n) is 2.68. The largest absolute Gasteiger partial charge is 0.494 e. The maximum absolute atomic E-state index is 11.8. The van der Waals surface area contributed by atoms with Crippen LogP contribution >= 0.6 is 0 Å². The number of benzene rings is 2. The van der Waals surface area contributed by atoms with E-state index in [2.05, 4.69) is 12.1 Å². The standard InChI is InChI=1S/C17H16O2/c1-2-19-13-6-3-5-12(11-13)14-7-4-8-16-15(14)9-10-17(16)18/h3-8,11H,2,9-10H2,1H3. The van der Waals surface area contributed by atoms with Gasteiger partial charge in [-0.15, -0.1) is 0 Å². The van der Waals surface area contributed by atoms with Gasteiger partial charge in [-0.2, -0.15) is 0 Å². The number of carbonyl (C=O) groups is 1. The average Bonchev–Trinajstić information content (AvgIpc) is 2.81. The van der Waals surface area contributed by atoms with Gasteiger partial charge in [-0.25, -0.2) is 0 Å². The van der Waals surface area contributed by atoms with Gasteiger partial charge in [0.05, 0.1) is 6.61 Å². The molecule has 0 amide bonds. The molecule has 19 heavy (non-hydrogen) atoms. The first-order valence-corrected chi connectivity index (χ1v) is 6.68. The summed E-state index contributed by atoms with van der Waals surface area (Å²) in [6, 6.07) is 14.1. The molecule has 2 aromatic carbocycles. The van der Waals surface area contributed by atoms with Gasteiger partial charge in [0.2, 0.25) is 0 Å². The minimum absolute atomic E-state index is 0.262. The highest BCUT2D eigenvalue weighted by Crippen LogP contribution is 2.33. The Hall–Kier alpha value is -2.09. The Balaban J connectivity index is 2.08. The topological polar surface area (TPSA) is 26.3 Å². The second-order valence-corrected chi connectivity index (χ2v) is 4.72. The third-order valence-electron chi connectivity index (χ3n) is 3.53. The fourth-order valence-corrected chi connectivity index (χ4v) is 2.68. The smallest absolute Gasteiger partial charge is 0.163 e. The number of fused-ring (bicyclic) bond motifs is 1. The van der Waals surface area contributed by atoms with E-state index < -0.39 is 0 Å². The van der Waals surface area contributed by atoms with Gasteiger partial charge in [-0.05, 0) is 42.2 Å². The van der Waals surface area contributed by atoms with Gasteiger partial charge in [0.15, 0.2) is 5.78 Å². The quantitative estimate of drug-likeness (QED) is 0.828. The number of Topliss-reactive ketones (excluding diaryl/α,β-unsaturated/α-hetero) is 1. The van der Waals surface area contributed by atoms with E-state index in [-0.39, 0.29) is 5.78 Å². The molecule has 2 heteroatoms. The molecule has 0 bridgehead atoms. The molecule has 0 spiro atoms. The van der Waals surface area contributed by atoms with Crippen molar-refractivity contribution in [2.24, 2.45) is 0 Å². The van der Waals surface area contributed by atoms with E-state index in [9.17, 15) is 4.79 Å². The second kappa shape index (κ2) is 4.88. The Bertz CT molecular complexity index is 629. The van der Waals surface area contributed by atoms with Crippen molar-refractivity contribution >= 4 is 5.78 Å². The summed E-state index contributed by atoms with van der Waals surface area (Å²) in [6.07, 6.45) is 1.49. The molecule has 0 saturated carbocycles. The number of hydrogen-bond acceptors (Lipinski definition) is 2. The summed E-state index contributed by atoms with van der Waals surface area (Å²) in [5.41, 5.74) is 4.35. The number of hydrogen-bond donors (Lipinski definition) is 0. The van der Waals surface area contributed by atoms with E-state index >= 15 is 0 Å². The Kier molecular flexibility index (Phi) is 3.08. The van der Waals surface area contributed by atoms with Crippen LogP contribution in [0.15, 0.2) is 42.5 Å². The van der Waals surface area contributed by atoms with Crippen molar-refractivity contribution in [2.75, 3.05) is 6.61 Å². The summed E-state index contributed by atoms with van der Waals surface area (Å²) in [5.74, 6) is 1.14. The first-order chi connectivity index (χ1) is 9.29. The van der Waals surface area contributed by atoms with Crippen LogP contribution in [0.2, 0.25) is 0 Å². The molecule has 0 aromatic heterocycles. The summed E-state index contributed by atoms with van der Waals surface area (Å²) in [7, 11) is 0. The van der Waals surface area contributed by atoms with Crippen molar-refractivity contribution in [3.8, 4) is 16.9 Å². The van der Waals surface area contributed by atoms with Crippen LogP contribution in [0.4, 0.5) is 0 Å². The Morgan fingerprint density at radius 2 is 1.84 bits per heavy atom. The number of ketones is 1. The molecule has 0 radical (unpaired) electrons. The molecule has 2 nitrogen and oxygen atoms in total. The van der Waals surface area contributed by atoms with Crippen LogP contribution in [0.3, 0.4) is 0 Å². The molecule has 0 N–H and O–H groups in total. The van der Waals surface area contributed by atoms with Crippen molar-refractivity contribution in [3.05, 3.63) is 53.6 Å². The Labute approximate surface area is 113 Å². The molecule has 96 valence electrons. The van der Waals surface area contributed by atoms with E-state index in [1.807, 2.05) is 37.3 Å². The van der Waals surface area contributed by atoms with E-state index in [1.165, 1.54) is 5.56 Å². The number of rotatable bonds is 3. The molecule has 1 aliphatic rings. The highest BCUT2D eigenvalue weighted by molar-refractivity contribution is 6.02. The van der Waals surface area contributed by atoms with E-state index in [0.29, 0.717) is 13.0 Å². The van der Waals surface area contributed by atoms with Crippen molar-refractivity contribution in [2.45, 2.75) is 19.8 Å². The van der Waals surface area contributed by atoms with Crippen LogP contribution in [0.5, 0.6) is 5.75 Å². The lowest BCUT2D eigenvalue weighted by atomic mass is 9.97. The van der Waals surface area contributed by atoms with Gasteiger partial charge < -0.3 is 4.74 Å². The molecule has 1 aliphatic carbocycles. The predicted molar refractivity (Wildman–Crippen MR) is 75.7 cm³/mol. The van der Waals surface area contributed by atoms with Gasteiger partial charge in [-0.1, -0.05) is 30.3 Å². The SMILES string of the molecule is CCOc1cccc(-c2cccc3c2CCC3=O)c1. The molecule has 0 saturated heterocycles. The maximum atomic E-state index is 11.8. The minimum Gasteiger partial charge on any atom is -0.494 e. The lowest BCUT2D eigenvalue weighted by Crippen LogP contribution is -1.94. The monoisotopic (exact) mass is 252 g/mol. The van der Waals surface area contributed by atoms with Gasteiger partial charge in [0.1, 0.15) is 5.75 Å². The second-order valence-electron chi connectivity index (χ2n) is 4.72. The van der Waals surface area contributed by atoms with Crippen LogP contribution < -0.4 is 4.74 Å². The normalized spacial score (nSPS) is 13.4. The molecule has 2 aromatic rings. The van der Waals surface area contributed by atoms with E-state index in [1.54, 1.807) is 0 Å². The first kappa shape index (κ1) is 12.0. The van der Waals surface area contributed by atoms with Crippen molar-refractivity contribution < 1.29 is 9.53 Å². The predicted octanol–water partition coefficient (Wildman–Crippen LogP) is 3.88. The van der Waals surface area contributed by atoms with Crippen LogP contribution in [0.25, 0.3) is 11.1 Å². The summed E-state index contributed by atoms with van der Waals surface area (Å²) >= 11 is 0. The van der Waals surface area contributed by atoms with Crippen LogP contribution in [-0.2, 0) is 6.42 Å². The van der Waals surface area contributed by atoms with Crippen LogP contribution in [0.1, 0.15) is 29.3 Å². The van der Waals surface area contributed by atoms with Crippen LogP contribution in [0, 0.1) is 0 Å². The van der Waals surface area contributed by atoms with Gasteiger partial charge in [0.25, 0.3) is 0 Å². The van der Waals surface area contributed by atoms with E-state index in [0.717, 1.165) is 28.9 Å². The molecule has 0 aliphatic heterocycles. The maximum Gasteiger partial charge on any atom is 0.163 e. The zero-order chi connectivity index (χ0) is 13.2. The fraction of sp³-hybridized carbons (Fsp3) is 0.235. The molecule has 0 heterocycles. The lowest BCUT2D eigenvalue weighted by Gasteiger charge is -2.10. The van der Waals surface area contributed by atoms with Crippen LogP contribution in [-0.4, -0.2) is 12.4 Å². The third-order valence-corrected chi connectivity index (χ3v) is 3.53. The molecular formula is C17H16O2. The summed E-state index contributed by atoms with van der Waals surface area (Å²) in [4.78, 5) is 11.8. The van der Waals surface area contributed by atoms with Crippen molar-refractivity contribution in [1.82, 2.24) is 0 Å². The Morgan fingerprint density at radius 1 is 1.05 bits per heavy atom. The average molecular weight is 252 g/mol.